The molecule has 1 amide bonds. The number of nitro groups is 1. The van der Waals surface area contributed by atoms with Gasteiger partial charge < -0.3 is 5.32 Å². The fourth-order valence-corrected chi connectivity index (χ4v) is 3.58. The topological polar surface area (TPSA) is 110 Å². The molecule has 0 unspecified atom stereocenters. The molecule has 8 nitrogen and oxygen atoms in total. The predicted molar refractivity (Wildman–Crippen MR) is 101 cm³/mol. The Balaban J connectivity index is 2.11. The summed E-state index contributed by atoms with van der Waals surface area (Å²) in [6, 6.07) is 9.74. The van der Waals surface area contributed by atoms with Crippen LogP contribution in [0.15, 0.2) is 51.8 Å². The number of carbonyl (C=O) groups is 1. The normalized spacial score (nSPS) is 11.4. The molecule has 26 heavy (non-hydrogen) atoms. The zero-order valence-corrected chi connectivity index (χ0v) is 16.5. The maximum atomic E-state index is 12.4. The smallest absolute Gasteiger partial charge is 0.289 e. The van der Waals surface area contributed by atoms with Gasteiger partial charge in [-0.3, -0.25) is 14.9 Å². The van der Waals surface area contributed by atoms with Crippen LogP contribution in [0.2, 0.25) is 5.02 Å². The standard InChI is InChI=1S/C15H13BrClN3O5S/c1-19(26(24,25)12-5-2-10(16)3-6-12)9-15(21)18-11-4-7-13(17)14(8-11)20(22)23/h2-8H,9H2,1H3,(H,18,21). The molecule has 0 radical (unpaired) electrons. The van der Waals surface area contributed by atoms with Gasteiger partial charge in [0.15, 0.2) is 0 Å². The molecular weight excluding hydrogens is 450 g/mol. The zero-order chi connectivity index (χ0) is 19.5. The number of halogens is 2. The first-order chi connectivity index (χ1) is 12.1. The third-order valence-electron chi connectivity index (χ3n) is 3.31. The summed E-state index contributed by atoms with van der Waals surface area (Å²) >= 11 is 8.92. The summed E-state index contributed by atoms with van der Waals surface area (Å²) in [4.78, 5) is 22.3. The van der Waals surface area contributed by atoms with Gasteiger partial charge in [0, 0.05) is 23.3 Å². The Bertz CT molecular complexity index is 950. The summed E-state index contributed by atoms with van der Waals surface area (Å²) in [7, 11) is -2.58. The molecule has 0 aliphatic rings. The van der Waals surface area contributed by atoms with Gasteiger partial charge in [0.05, 0.1) is 16.4 Å². The van der Waals surface area contributed by atoms with Gasteiger partial charge in [0.2, 0.25) is 15.9 Å². The molecule has 0 saturated heterocycles. The van der Waals surface area contributed by atoms with Crippen molar-refractivity contribution in [3.63, 3.8) is 0 Å². The van der Waals surface area contributed by atoms with Gasteiger partial charge in [-0.1, -0.05) is 27.5 Å². The van der Waals surface area contributed by atoms with E-state index in [-0.39, 0.29) is 21.3 Å². The zero-order valence-electron chi connectivity index (χ0n) is 13.3. The van der Waals surface area contributed by atoms with E-state index in [1.165, 1.54) is 31.3 Å². The molecule has 1 N–H and O–H groups in total. The number of sulfonamides is 1. The second-order valence-electron chi connectivity index (χ2n) is 5.19. The van der Waals surface area contributed by atoms with Gasteiger partial charge in [-0.2, -0.15) is 4.31 Å². The molecule has 0 aliphatic heterocycles. The maximum absolute atomic E-state index is 12.4. The van der Waals surface area contributed by atoms with E-state index in [0.717, 1.165) is 14.8 Å². The highest BCUT2D eigenvalue weighted by atomic mass is 79.9. The minimum absolute atomic E-state index is 0.0399. The van der Waals surface area contributed by atoms with Crippen LogP contribution >= 0.6 is 27.5 Å². The Morgan fingerprint density at radius 2 is 1.88 bits per heavy atom. The van der Waals surface area contributed by atoms with Crippen molar-refractivity contribution in [1.82, 2.24) is 4.31 Å². The first kappa shape index (κ1) is 20.3. The minimum Gasteiger partial charge on any atom is -0.325 e. The fraction of sp³-hybridized carbons (Fsp3) is 0.133. The summed E-state index contributed by atoms with van der Waals surface area (Å²) in [6.45, 7) is -0.463. The lowest BCUT2D eigenvalue weighted by atomic mass is 10.3. The molecule has 0 heterocycles. The van der Waals surface area contributed by atoms with Crippen molar-refractivity contribution in [3.05, 3.63) is 62.1 Å². The van der Waals surface area contributed by atoms with Crippen LogP contribution in [0, 0.1) is 10.1 Å². The first-order valence-corrected chi connectivity index (χ1v) is 9.68. The van der Waals surface area contributed by atoms with Gasteiger partial charge in [-0.05, 0) is 36.4 Å². The molecule has 2 aromatic rings. The van der Waals surface area contributed by atoms with E-state index in [1.807, 2.05) is 0 Å². The Kier molecular flexibility index (Phi) is 6.34. The van der Waals surface area contributed by atoms with Crippen molar-refractivity contribution < 1.29 is 18.1 Å². The van der Waals surface area contributed by atoms with Gasteiger partial charge in [0.1, 0.15) is 5.02 Å². The Morgan fingerprint density at radius 1 is 1.27 bits per heavy atom. The molecule has 2 rings (SSSR count). The Hall–Kier alpha value is -2.01. The second kappa shape index (κ2) is 8.12. The van der Waals surface area contributed by atoms with E-state index < -0.39 is 27.4 Å². The third-order valence-corrected chi connectivity index (χ3v) is 5.98. The van der Waals surface area contributed by atoms with Gasteiger partial charge in [-0.25, -0.2) is 8.42 Å². The molecule has 0 aromatic heterocycles. The number of nitro benzene ring substituents is 1. The van der Waals surface area contributed by atoms with E-state index in [9.17, 15) is 23.3 Å². The summed E-state index contributed by atoms with van der Waals surface area (Å²) in [5, 5.41) is 13.2. The quantitative estimate of drug-likeness (QED) is 0.523. The summed E-state index contributed by atoms with van der Waals surface area (Å²) in [6.07, 6.45) is 0. The van der Waals surface area contributed by atoms with E-state index in [2.05, 4.69) is 21.2 Å². The van der Waals surface area contributed by atoms with Crippen LogP contribution in [0.1, 0.15) is 0 Å². The van der Waals surface area contributed by atoms with Crippen molar-refractivity contribution in [2.45, 2.75) is 4.90 Å². The third kappa shape index (κ3) is 4.79. The molecule has 0 spiro atoms. The van der Waals surface area contributed by atoms with E-state index in [1.54, 1.807) is 12.1 Å². The number of hydrogen-bond acceptors (Lipinski definition) is 5. The highest BCUT2D eigenvalue weighted by Gasteiger charge is 2.23. The molecule has 0 aliphatic carbocycles. The number of carbonyl (C=O) groups excluding carboxylic acids is 1. The first-order valence-electron chi connectivity index (χ1n) is 7.07. The van der Waals surface area contributed by atoms with Crippen molar-refractivity contribution in [2.24, 2.45) is 0 Å². The molecular formula is C15H13BrClN3O5S. The maximum Gasteiger partial charge on any atom is 0.289 e. The number of likely N-dealkylation sites (N-methyl/N-ethyl adjacent to an activating group) is 1. The monoisotopic (exact) mass is 461 g/mol. The van der Waals surface area contributed by atoms with E-state index >= 15 is 0 Å². The number of nitrogens with one attached hydrogen (secondary N) is 1. The van der Waals surface area contributed by atoms with Gasteiger partial charge >= 0.3 is 0 Å². The molecule has 138 valence electrons. The molecule has 0 atom stereocenters. The highest BCUT2D eigenvalue weighted by molar-refractivity contribution is 9.10. The summed E-state index contributed by atoms with van der Waals surface area (Å²) < 4.78 is 26.5. The van der Waals surface area contributed by atoms with Crippen LogP contribution in [0.5, 0.6) is 0 Å². The summed E-state index contributed by atoms with van der Waals surface area (Å²) in [5.74, 6) is -0.648. The van der Waals surface area contributed by atoms with Crippen molar-refractivity contribution in [1.29, 1.82) is 0 Å². The number of nitrogens with zero attached hydrogens (tertiary/aromatic N) is 2. The highest BCUT2D eigenvalue weighted by Crippen LogP contribution is 2.27. The average molecular weight is 463 g/mol. The molecule has 0 saturated carbocycles. The Labute approximate surface area is 163 Å². The Morgan fingerprint density at radius 3 is 2.46 bits per heavy atom. The lowest BCUT2D eigenvalue weighted by Crippen LogP contribution is -2.34. The SMILES string of the molecule is CN(CC(=O)Nc1ccc(Cl)c([N+](=O)[O-])c1)S(=O)(=O)c1ccc(Br)cc1. The molecule has 2 aromatic carbocycles. The average Bonchev–Trinajstić information content (AvgIpc) is 2.56. The number of hydrogen-bond donors (Lipinski definition) is 1. The van der Waals surface area contributed by atoms with Gasteiger partial charge in [0.25, 0.3) is 5.69 Å². The van der Waals surface area contributed by atoms with Crippen LogP contribution in [0.4, 0.5) is 11.4 Å². The van der Waals surface area contributed by atoms with Crippen molar-refractivity contribution >= 4 is 54.8 Å². The van der Waals surface area contributed by atoms with Crippen LogP contribution in [-0.4, -0.2) is 37.1 Å². The summed E-state index contributed by atoms with van der Waals surface area (Å²) in [5.41, 5.74) is -0.221. The molecule has 0 fully saturated rings. The van der Waals surface area contributed by atoms with E-state index in [0.29, 0.717) is 0 Å². The van der Waals surface area contributed by atoms with Crippen molar-refractivity contribution in [3.8, 4) is 0 Å². The van der Waals surface area contributed by atoms with Crippen LogP contribution < -0.4 is 5.32 Å². The number of amides is 1. The van der Waals surface area contributed by atoms with Crippen LogP contribution in [0.25, 0.3) is 0 Å². The number of rotatable bonds is 6. The lowest BCUT2D eigenvalue weighted by molar-refractivity contribution is -0.384. The van der Waals surface area contributed by atoms with Crippen LogP contribution in [-0.2, 0) is 14.8 Å². The minimum atomic E-state index is -3.85. The molecule has 0 bridgehead atoms. The lowest BCUT2D eigenvalue weighted by Gasteiger charge is -2.17. The largest absolute Gasteiger partial charge is 0.325 e. The van der Waals surface area contributed by atoms with Crippen molar-refractivity contribution in [2.75, 3.05) is 18.9 Å². The predicted octanol–water partition coefficient (Wildman–Crippen LogP) is 3.27. The second-order valence-corrected chi connectivity index (χ2v) is 8.55. The number of benzene rings is 2. The fourth-order valence-electron chi connectivity index (χ4n) is 2.00. The van der Waals surface area contributed by atoms with E-state index in [4.69, 9.17) is 11.6 Å². The van der Waals surface area contributed by atoms with Gasteiger partial charge in [-0.15, -0.1) is 0 Å². The van der Waals surface area contributed by atoms with Crippen LogP contribution in [0.3, 0.4) is 0 Å². The molecule has 11 heteroatoms. The number of anilines is 1.